The van der Waals surface area contributed by atoms with E-state index in [1.54, 1.807) is 30.3 Å². The number of carbonyl (C=O) groups excluding carboxylic acids is 2. The predicted octanol–water partition coefficient (Wildman–Crippen LogP) is 2.80. The fourth-order valence-electron chi connectivity index (χ4n) is 2.25. The van der Waals surface area contributed by atoms with E-state index in [1.807, 2.05) is 0 Å². The number of furan rings is 1. The Balaban J connectivity index is 2.08. The number of ketones is 1. The fourth-order valence-corrected chi connectivity index (χ4v) is 2.50. The molecule has 0 saturated heterocycles. The van der Waals surface area contributed by atoms with E-state index in [2.05, 4.69) is 5.32 Å². The molecule has 2 N–H and O–H groups in total. The van der Waals surface area contributed by atoms with Crippen LogP contribution in [0.25, 0.3) is 0 Å². The summed E-state index contributed by atoms with van der Waals surface area (Å²) in [6.07, 6.45) is 1.35. The Kier molecular flexibility index (Phi) is 3.27. The van der Waals surface area contributed by atoms with Crippen LogP contribution in [0.15, 0.2) is 58.4 Å². The van der Waals surface area contributed by atoms with Crippen molar-refractivity contribution in [3.63, 3.8) is 0 Å². The van der Waals surface area contributed by atoms with Crippen LogP contribution in [0.2, 0.25) is 5.02 Å². The molecule has 1 aliphatic rings. The van der Waals surface area contributed by atoms with Gasteiger partial charge in [0.25, 0.3) is 5.91 Å². The Bertz CT molecular complexity index is 749. The highest BCUT2D eigenvalue weighted by atomic mass is 35.5. The third kappa shape index (κ3) is 2.21. The molecule has 21 heavy (non-hydrogen) atoms. The van der Waals surface area contributed by atoms with E-state index in [1.165, 1.54) is 12.3 Å². The molecule has 2 aromatic rings. The molecule has 1 aromatic heterocycles. The maximum absolute atomic E-state index is 12.4. The van der Waals surface area contributed by atoms with Crippen LogP contribution in [-0.4, -0.2) is 16.8 Å². The average molecular weight is 304 g/mol. The lowest BCUT2D eigenvalue weighted by molar-refractivity contribution is -0.119. The molecule has 1 unspecified atom stereocenters. The van der Waals surface area contributed by atoms with Gasteiger partial charge in [-0.05, 0) is 23.8 Å². The second-order valence-corrected chi connectivity index (χ2v) is 4.90. The van der Waals surface area contributed by atoms with Crippen LogP contribution in [0, 0.1) is 0 Å². The van der Waals surface area contributed by atoms with Crippen molar-refractivity contribution in [3.05, 3.63) is 70.3 Å². The van der Waals surface area contributed by atoms with Gasteiger partial charge in [-0.3, -0.25) is 9.59 Å². The fraction of sp³-hybridized carbons (Fsp3) is 0.0667. The van der Waals surface area contributed by atoms with Gasteiger partial charge in [-0.2, -0.15) is 0 Å². The van der Waals surface area contributed by atoms with E-state index in [4.69, 9.17) is 16.0 Å². The number of Topliss-reactive ketones (excluding diaryl/α,β-unsaturated/α-hetero) is 1. The van der Waals surface area contributed by atoms with E-state index in [9.17, 15) is 14.7 Å². The zero-order valence-corrected chi connectivity index (χ0v) is 11.4. The number of halogens is 1. The summed E-state index contributed by atoms with van der Waals surface area (Å²) < 4.78 is 5.04. The lowest BCUT2D eigenvalue weighted by Gasteiger charge is -2.15. The van der Waals surface area contributed by atoms with Crippen molar-refractivity contribution >= 4 is 23.3 Å². The van der Waals surface area contributed by atoms with Crippen molar-refractivity contribution in [1.82, 2.24) is 5.32 Å². The van der Waals surface area contributed by atoms with E-state index < -0.39 is 23.5 Å². The molecule has 0 aliphatic carbocycles. The van der Waals surface area contributed by atoms with Gasteiger partial charge in [0, 0.05) is 5.02 Å². The molecule has 6 heteroatoms. The Morgan fingerprint density at radius 3 is 2.67 bits per heavy atom. The van der Waals surface area contributed by atoms with Crippen molar-refractivity contribution < 1.29 is 19.1 Å². The summed E-state index contributed by atoms with van der Waals surface area (Å²) in [5, 5.41) is 12.8. The highest BCUT2D eigenvalue weighted by Gasteiger charge is 2.39. The number of benzene rings is 1. The minimum atomic E-state index is -0.802. The number of carbonyl (C=O) groups is 2. The first-order valence-corrected chi connectivity index (χ1v) is 6.54. The topological polar surface area (TPSA) is 79.5 Å². The lowest BCUT2D eigenvalue weighted by atomic mass is 9.96. The molecule has 0 radical (unpaired) electrons. The molecular formula is C15H10ClNO4. The summed E-state index contributed by atoms with van der Waals surface area (Å²) >= 11 is 6.10. The molecule has 1 amide bonds. The van der Waals surface area contributed by atoms with Crippen LogP contribution in [0.4, 0.5) is 0 Å². The van der Waals surface area contributed by atoms with E-state index in [0.29, 0.717) is 10.6 Å². The molecule has 0 saturated carbocycles. The van der Waals surface area contributed by atoms with Gasteiger partial charge in [0.15, 0.2) is 11.5 Å². The van der Waals surface area contributed by atoms with Crippen molar-refractivity contribution in [2.45, 2.75) is 6.04 Å². The number of hydrogen-bond donors (Lipinski definition) is 2. The Morgan fingerprint density at radius 1 is 1.24 bits per heavy atom. The number of aliphatic hydroxyl groups excluding tert-OH is 1. The van der Waals surface area contributed by atoms with Gasteiger partial charge in [0.2, 0.25) is 5.78 Å². The molecule has 3 rings (SSSR count). The van der Waals surface area contributed by atoms with Crippen LogP contribution in [-0.2, 0) is 4.79 Å². The normalized spacial score (nSPS) is 18.0. The average Bonchev–Trinajstić information content (AvgIpc) is 3.09. The van der Waals surface area contributed by atoms with Crippen molar-refractivity contribution in [3.8, 4) is 0 Å². The first-order chi connectivity index (χ1) is 10.1. The third-order valence-electron chi connectivity index (χ3n) is 3.24. The van der Waals surface area contributed by atoms with Gasteiger partial charge < -0.3 is 14.8 Å². The van der Waals surface area contributed by atoms with Crippen LogP contribution < -0.4 is 5.32 Å². The minimum Gasteiger partial charge on any atom is -0.503 e. The maximum atomic E-state index is 12.4. The molecule has 0 fully saturated rings. The van der Waals surface area contributed by atoms with Gasteiger partial charge >= 0.3 is 0 Å². The molecule has 106 valence electrons. The number of hydrogen-bond acceptors (Lipinski definition) is 4. The monoisotopic (exact) mass is 303 g/mol. The van der Waals surface area contributed by atoms with Gasteiger partial charge in [-0.1, -0.05) is 29.8 Å². The summed E-state index contributed by atoms with van der Waals surface area (Å²) in [6, 6.07) is 9.02. The second-order valence-electron chi connectivity index (χ2n) is 4.50. The van der Waals surface area contributed by atoms with Crippen molar-refractivity contribution in [2.75, 3.05) is 0 Å². The predicted molar refractivity (Wildman–Crippen MR) is 75.0 cm³/mol. The number of rotatable bonds is 3. The largest absolute Gasteiger partial charge is 0.503 e. The molecule has 1 aliphatic heterocycles. The zero-order valence-electron chi connectivity index (χ0n) is 10.7. The smallest absolute Gasteiger partial charge is 0.287 e. The Hall–Kier alpha value is -2.53. The molecule has 1 aromatic carbocycles. The lowest BCUT2D eigenvalue weighted by Crippen LogP contribution is -2.23. The molecular weight excluding hydrogens is 294 g/mol. The van der Waals surface area contributed by atoms with Gasteiger partial charge in [-0.15, -0.1) is 0 Å². The summed E-state index contributed by atoms with van der Waals surface area (Å²) in [5.74, 6) is -1.83. The number of amides is 1. The van der Waals surface area contributed by atoms with Gasteiger partial charge in [0.1, 0.15) is 0 Å². The van der Waals surface area contributed by atoms with Crippen LogP contribution >= 0.6 is 11.6 Å². The SMILES string of the molecule is O=C1NC(c2ccccc2Cl)C(C(=O)c2ccco2)=C1O. The second kappa shape index (κ2) is 5.10. The van der Waals surface area contributed by atoms with Crippen LogP contribution in [0.3, 0.4) is 0 Å². The molecule has 0 bridgehead atoms. The highest BCUT2D eigenvalue weighted by Crippen LogP contribution is 2.35. The minimum absolute atomic E-state index is 0.0464. The molecule has 2 heterocycles. The summed E-state index contributed by atoms with van der Waals surface area (Å²) in [7, 11) is 0. The van der Waals surface area contributed by atoms with E-state index >= 15 is 0 Å². The van der Waals surface area contributed by atoms with E-state index in [0.717, 1.165) is 0 Å². The number of nitrogens with one attached hydrogen (secondary N) is 1. The summed E-state index contributed by atoms with van der Waals surface area (Å²) in [5.41, 5.74) is 0.467. The summed E-state index contributed by atoms with van der Waals surface area (Å²) in [6.45, 7) is 0. The first kappa shape index (κ1) is 13.5. The van der Waals surface area contributed by atoms with Crippen LogP contribution in [0.5, 0.6) is 0 Å². The Morgan fingerprint density at radius 2 is 2.00 bits per heavy atom. The maximum Gasteiger partial charge on any atom is 0.287 e. The molecule has 0 spiro atoms. The highest BCUT2D eigenvalue weighted by molar-refractivity contribution is 6.31. The van der Waals surface area contributed by atoms with E-state index in [-0.39, 0.29) is 11.3 Å². The standard InChI is InChI=1S/C15H10ClNO4/c16-9-5-2-1-4-8(9)12-11(14(19)15(20)17-12)13(18)10-6-3-7-21-10/h1-7,12,19H,(H,17,20). The van der Waals surface area contributed by atoms with Gasteiger partial charge in [-0.25, -0.2) is 0 Å². The quantitative estimate of drug-likeness (QED) is 0.855. The molecule has 5 nitrogen and oxygen atoms in total. The van der Waals surface area contributed by atoms with Gasteiger partial charge in [0.05, 0.1) is 17.9 Å². The number of aliphatic hydroxyl groups is 1. The van der Waals surface area contributed by atoms with Crippen LogP contribution in [0.1, 0.15) is 22.2 Å². The van der Waals surface area contributed by atoms with Crippen molar-refractivity contribution in [1.29, 1.82) is 0 Å². The third-order valence-corrected chi connectivity index (χ3v) is 3.58. The molecule has 1 atom stereocenters. The van der Waals surface area contributed by atoms with Crippen molar-refractivity contribution in [2.24, 2.45) is 0 Å². The Labute approximate surface area is 124 Å². The first-order valence-electron chi connectivity index (χ1n) is 6.16. The zero-order chi connectivity index (χ0) is 15.0. The summed E-state index contributed by atoms with van der Waals surface area (Å²) in [4.78, 5) is 24.1.